The van der Waals surface area contributed by atoms with E-state index in [0.717, 1.165) is 16.6 Å². The van der Waals surface area contributed by atoms with Crippen LogP contribution in [0, 0.1) is 12.7 Å². The first-order valence-corrected chi connectivity index (χ1v) is 8.11. The molecular formula is C17H12BrFN4O. The van der Waals surface area contributed by atoms with Crippen LogP contribution in [0.3, 0.4) is 0 Å². The van der Waals surface area contributed by atoms with E-state index in [-0.39, 0.29) is 18.1 Å². The molecule has 0 bridgehead atoms. The molecular weight excluding hydrogens is 375 g/mol. The van der Waals surface area contributed by atoms with Gasteiger partial charge in [-0.15, -0.1) is 0 Å². The summed E-state index contributed by atoms with van der Waals surface area (Å²) in [6.07, 6.45) is 1.60. The Morgan fingerprint density at radius 1 is 1.29 bits per heavy atom. The van der Waals surface area contributed by atoms with Crippen LogP contribution in [-0.4, -0.2) is 19.5 Å². The number of aryl methyl sites for hydroxylation is 1. The molecule has 0 atom stereocenters. The van der Waals surface area contributed by atoms with E-state index in [2.05, 4.69) is 30.9 Å². The van der Waals surface area contributed by atoms with Gasteiger partial charge in [0.2, 0.25) is 0 Å². The molecule has 120 valence electrons. The van der Waals surface area contributed by atoms with Crippen LogP contribution in [0.1, 0.15) is 11.3 Å². The molecule has 0 spiro atoms. The van der Waals surface area contributed by atoms with Crippen molar-refractivity contribution < 1.29 is 4.39 Å². The Morgan fingerprint density at radius 3 is 2.92 bits per heavy atom. The highest BCUT2D eigenvalue weighted by atomic mass is 79.9. The molecule has 0 radical (unpaired) electrons. The number of hydrogen-bond acceptors (Lipinski definition) is 3. The number of hydrogen-bond donors (Lipinski definition) is 1. The van der Waals surface area contributed by atoms with Crippen molar-refractivity contribution in [3.05, 3.63) is 68.6 Å². The quantitative estimate of drug-likeness (QED) is 0.573. The van der Waals surface area contributed by atoms with Crippen molar-refractivity contribution in [1.29, 1.82) is 0 Å². The summed E-state index contributed by atoms with van der Waals surface area (Å²) in [5.74, 6) is -0.357. The lowest BCUT2D eigenvalue weighted by Crippen LogP contribution is -2.17. The number of halogens is 2. The number of H-pyrrole nitrogens is 1. The molecule has 0 unspecified atom stereocenters. The minimum Gasteiger partial charge on any atom is -0.304 e. The topological polar surface area (TPSA) is 63.6 Å². The van der Waals surface area contributed by atoms with Gasteiger partial charge in [0.15, 0.2) is 5.65 Å². The Kier molecular flexibility index (Phi) is 3.45. The lowest BCUT2D eigenvalue weighted by molar-refractivity contribution is 0.617. The Morgan fingerprint density at radius 2 is 2.12 bits per heavy atom. The van der Waals surface area contributed by atoms with Gasteiger partial charge in [-0.25, -0.2) is 19.2 Å². The summed E-state index contributed by atoms with van der Waals surface area (Å²) in [7, 11) is 0. The number of pyridine rings is 2. The van der Waals surface area contributed by atoms with Gasteiger partial charge < -0.3 is 4.98 Å². The molecule has 4 aromatic rings. The predicted molar refractivity (Wildman–Crippen MR) is 93.6 cm³/mol. The second-order valence-electron chi connectivity index (χ2n) is 5.61. The predicted octanol–water partition coefficient (Wildman–Crippen LogP) is 3.53. The summed E-state index contributed by atoms with van der Waals surface area (Å²) < 4.78 is 15.7. The van der Waals surface area contributed by atoms with Gasteiger partial charge in [-0.05, 0) is 52.7 Å². The summed E-state index contributed by atoms with van der Waals surface area (Å²) in [6, 6.07) is 8.62. The number of aromatic amines is 1. The Hall–Kier alpha value is -2.54. The summed E-state index contributed by atoms with van der Waals surface area (Å²) in [5.41, 5.74) is 3.23. The minimum absolute atomic E-state index is 0.260. The first-order valence-electron chi connectivity index (χ1n) is 7.32. The Balaban J connectivity index is 1.95. The summed E-state index contributed by atoms with van der Waals surface area (Å²) in [4.78, 5) is 23.9. The van der Waals surface area contributed by atoms with Gasteiger partial charge in [0.25, 0.3) is 0 Å². The molecule has 0 aliphatic heterocycles. The number of aromatic nitrogens is 4. The summed E-state index contributed by atoms with van der Waals surface area (Å²) >= 11 is 3.13. The van der Waals surface area contributed by atoms with Gasteiger partial charge in [0, 0.05) is 11.1 Å². The molecule has 0 aliphatic rings. The lowest BCUT2D eigenvalue weighted by atomic mass is 10.2. The van der Waals surface area contributed by atoms with E-state index in [9.17, 15) is 9.18 Å². The van der Waals surface area contributed by atoms with Gasteiger partial charge in [-0.3, -0.25) is 4.57 Å². The minimum atomic E-state index is -0.357. The maximum atomic E-state index is 13.8. The van der Waals surface area contributed by atoms with Crippen LogP contribution in [-0.2, 0) is 6.54 Å². The molecule has 0 aliphatic carbocycles. The van der Waals surface area contributed by atoms with Gasteiger partial charge in [-0.1, -0.05) is 6.07 Å². The number of nitrogens with one attached hydrogen (secondary N) is 1. The standard InChI is InChI=1S/C17H12BrFN4O/c1-9-2-4-11-15-14(7-20-16(11)21-9)22-17(24)23(15)8-10-3-5-12(18)13(19)6-10/h2-7H,8H2,1H3,(H,22,24). The number of fused-ring (bicyclic) bond motifs is 3. The smallest absolute Gasteiger partial charge is 0.304 e. The molecule has 0 fully saturated rings. The van der Waals surface area contributed by atoms with Crippen molar-refractivity contribution in [3.8, 4) is 0 Å². The third kappa shape index (κ3) is 2.41. The first-order chi connectivity index (χ1) is 11.5. The maximum Gasteiger partial charge on any atom is 0.326 e. The normalized spacial score (nSPS) is 11.5. The van der Waals surface area contributed by atoms with Gasteiger partial charge in [0.1, 0.15) is 5.82 Å². The third-order valence-corrected chi connectivity index (χ3v) is 4.57. The van der Waals surface area contributed by atoms with Crippen molar-refractivity contribution in [1.82, 2.24) is 19.5 Å². The fourth-order valence-corrected chi connectivity index (χ4v) is 3.04. The fourth-order valence-electron chi connectivity index (χ4n) is 2.80. The second-order valence-corrected chi connectivity index (χ2v) is 6.46. The van der Waals surface area contributed by atoms with Gasteiger partial charge in [0.05, 0.1) is 28.2 Å². The molecule has 5 nitrogen and oxygen atoms in total. The zero-order chi connectivity index (χ0) is 16.8. The van der Waals surface area contributed by atoms with Crippen molar-refractivity contribution in [2.24, 2.45) is 0 Å². The average molecular weight is 387 g/mol. The molecule has 1 aromatic carbocycles. The molecule has 7 heteroatoms. The molecule has 0 saturated carbocycles. The molecule has 3 aromatic heterocycles. The average Bonchev–Trinajstić information content (AvgIpc) is 2.87. The van der Waals surface area contributed by atoms with Crippen LogP contribution in [0.4, 0.5) is 4.39 Å². The van der Waals surface area contributed by atoms with Crippen LogP contribution in [0.2, 0.25) is 0 Å². The van der Waals surface area contributed by atoms with Crippen LogP contribution in [0.25, 0.3) is 22.1 Å². The number of rotatable bonds is 2. The second kappa shape index (κ2) is 5.52. The van der Waals surface area contributed by atoms with Crippen molar-refractivity contribution in [2.75, 3.05) is 0 Å². The van der Waals surface area contributed by atoms with E-state index in [1.165, 1.54) is 6.07 Å². The van der Waals surface area contributed by atoms with Crippen LogP contribution in [0.5, 0.6) is 0 Å². The summed E-state index contributed by atoms with van der Waals surface area (Å²) in [6.45, 7) is 2.15. The van der Waals surface area contributed by atoms with Crippen molar-refractivity contribution >= 4 is 38.0 Å². The van der Waals surface area contributed by atoms with Gasteiger partial charge >= 0.3 is 5.69 Å². The lowest BCUT2D eigenvalue weighted by Gasteiger charge is -2.07. The third-order valence-electron chi connectivity index (χ3n) is 3.92. The van der Waals surface area contributed by atoms with E-state index < -0.39 is 0 Å². The zero-order valence-electron chi connectivity index (χ0n) is 12.7. The monoisotopic (exact) mass is 386 g/mol. The zero-order valence-corrected chi connectivity index (χ0v) is 14.3. The van der Waals surface area contributed by atoms with E-state index in [0.29, 0.717) is 21.2 Å². The molecule has 0 amide bonds. The highest BCUT2D eigenvalue weighted by Crippen LogP contribution is 2.22. The largest absolute Gasteiger partial charge is 0.326 e. The van der Waals surface area contributed by atoms with Gasteiger partial charge in [-0.2, -0.15) is 0 Å². The van der Waals surface area contributed by atoms with Crippen LogP contribution < -0.4 is 5.69 Å². The number of nitrogens with zero attached hydrogens (tertiary/aromatic N) is 3. The van der Waals surface area contributed by atoms with Crippen molar-refractivity contribution in [2.45, 2.75) is 13.5 Å². The fraction of sp³-hybridized carbons (Fsp3) is 0.118. The van der Waals surface area contributed by atoms with E-state index in [1.54, 1.807) is 22.9 Å². The molecule has 0 saturated heterocycles. The molecule has 1 N–H and O–H groups in total. The number of imidazole rings is 1. The maximum absolute atomic E-state index is 13.8. The van der Waals surface area contributed by atoms with Crippen LogP contribution in [0.15, 0.2) is 45.8 Å². The van der Waals surface area contributed by atoms with Crippen molar-refractivity contribution in [3.63, 3.8) is 0 Å². The molecule has 4 rings (SSSR count). The van der Waals surface area contributed by atoms with Crippen LogP contribution >= 0.6 is 15.9 Å². The molecule has 24 heavy (non-hydrogen) atoms. The Bertz CT molecular complexity index is 1150. The number of benzene rings is 1. The van der Waals surface area contributed by atoms with E-state index >= 15 is 0 Å². The first kappa shape index (κ1) is 15.0. The highest BCUT2D eigenvalue weighted by Gasteiger charge is 2.13. The Labute approximate surface area is 144 Å². The van der Waals surface area contributed by atoms with E-state index in [1.807, 2.05) is 19.1 Å². The summed E-state index contributed by atoms with van der Waals surface area (Å²) in [5, 5.41) is 0.786. The highest BCUT2D eigenvalue weighted by molar-refractivity contribution is 9.10. The SMILES string of the molecule is Cc1ccc2c(ncc3[nH]c(=O)n(Cc4ccc(Br)c(F)c4)c32)n1. The van der Waals surface area contributed by atoms with E-state index in [4.69, 9.17) is 0 Å². The molecule has 3 heterocycles.